The average molecular weight is 420 g/mol. The van der Waals surface area contributed by atoms with E-state index >= 15 is 0 Å². The van der Waals surface area contributed by atoms with Crippen molar-refractivity contribution in [3.63, 3.8) is 0 Å². The average Bonchev–Trinajstić information content (AvgIpc) is 2.05. The van der Waals surface area contributed by atoms with Gasteiger partial charge in [-0.15, -0.1) is 0 Å². The van der Waals surface area contributed by atoms with Crippen molar-refractivity contribution in [2.45, 2.75) is 60.7 Å². The number of hydrogen-bond donors (Lipinski definition) is 0. The van der Waals surface area contributed by atoms with E-state index < -0.39 is 0 Å². The van der Waals surface area contributed by atoms with E-state index in [2.05, 4.69) is 66.0 Å². The standard InChI is InChI=1S/C12H22I2/c1-12(2,3)7-6-9-8-10(13)4-5-11(9)14/h9-11H,4-8H2,1-3H3. The smallest absolute Gasteiger partial charge is 0.0139 e. The third-order valence-electron chi connectivity index (χ3n) is 3.09. The molecule has 0 aromatic carbocycles. The Morgan fingerprint density at radius 3 is 2.36 bits per heavy atom. The Hall–Kier alpha value is 1.46. The second kappa shape index (κ2) is 5.69. The molecule has 1 aliphatic carbocycles. The van der Waals surface area contributed by atoms with Crippen LogP contribution in [-0.4, -0.2) is 7.85 Å². The second-order valence-electron chi connectivity index (χ2n) is 5.79. The van der Waals surface area contributed by atoms with Gasteiger partial charge in [-0.25, -0.2) is 0 Å². The Kier molecular flexibility index (Phi) is 5.50. The van der Waals surface area contributed by atoms with E-state index in [9.17, 15) is 0 Å². The van der Waals surface area contributed by atoms with Gasteiger partial charge in [-0.3, -0.25) is 0 Å². The number of hydrogen-bond acceptors (Lipinski definition) is 0. The third kappa shape index (κ3) is 4.99. The molecule has 0 aromatic rings. The van der Waals surface area contributed by atoms with Gasteiger partial charge in [0.05, 0.1) is 0 Å². The Labute approximate surface area is 116 Å². The molecule has 1 rings (SSSR count). The lowest BCUT2D eigenvalue weighted by Gasteiger charge is -2.32. The molecular formula is C12H22I2. The zero-order valence-corrected chi connectivity index (χ0v) is 13.8. The molecule has 0 spiro atoms. The Morgan fingerprint density at radius 2 is 1.79 bits per heavy atom. The molecular weight excluding hydrogens is 398 g/mol. The summed E-state index contributed by atoms with van der Waals surface area (Å²) in [4.78, 5) is 0. The van der Waals surface area contributed by atoms with Gasteiger partial charge in [0, 0.05) is 7.85 Å². The van der Waals surface area contributed by atoms with Crippen LogP contribution in [0.5, 0.6) is 0 Å². The summed E-state index contributed by atoms with van der Waals surface area (Å²) in [7, 11) is 0. The molecule has 84 valence electrons. The highest BCUT2D eigenvalue weighted by atomic mass is 127. The minimum Gasteiger partial charge on any atom is -0.0826 e. The van der Waals surface area contributed by atoms with Gasteiger partial charge in [-0.05, 0) is 43.4 Å². The van der Waals surface area contributed by atoms with Gasteiger partial charge in [0.15, 0.2) is 0 Å². The summed E-state index contributed by atoms with van der Waals surface area (Å²) in [6, 6.07) is 0. The fraction of sp³-hybridized carbons (Fsp3) is 1.00. The highest BCUT2D eigenvalue weighted by molar-refractivity contribution is 14.1. The molecule has 0 bridgehead atoms. The first-order valence-corrected chi connectivity index (χ1v) is 8.16. The van der Waals surface area contributed by atoms with Crippen LogP contribution in [0.25, 0.3) is 0 Å². The van der Waals surface area contributed by atoms with Crippen LogP contribution >= 0.6 is 45.2 Å². The molecule has 0 radical (unpaired) electrons. The molecule has 0 N–H and O–H groups in total. The minimum absolute atomic E-state index is 0.522. The maximum atomic E-state index is 2.68. The minimum atomic E-state index is 0.522. The topological polar surface area (TPSA) is 0 Å². The molecule has 0 saturated heterocycles. The van der Waals surface area contributed by atoms with Crippen molar-refractivity contribution in [3.05, 3.63) is 0 Å². The van der Waals surface area contributed by atoms with Crippen LogP contribution < -0.4 is 0 Å². The Bertz CT molecular complexity index is 172. The van der Waals surface area contributed by atoms with Gasteiger partial charge >= 0.3 is 0 Å². The van der Waals surface area contributed by atoms with Crippen molar-refractivity contribution in [2.24, 2.45) is 11.3 Å². The quantitative estimate of drug-likeness (QED) is 0.425. The van der Waals surface area contributed by atoms with Gasteiger partial charge in [-0.2, -0.15) is 0 Å². The first-order valence-electron chi connectivity index (χ1n) is 5.66. The summed E-state index contributed by atoms with van der Waals surface area (Å²) in [5.41, 5.74) is 0.522. The summed E-state index contributed by atoms with van der Waals surface area (Å²) in [5.74, 6) is 0.991. The van der Waals surface area contributed by atoms with Crippen molar-refractivity contribution >= 4 is 45.2 Å². The third-order valence-corrected chi connectivity index (χ3v) is 5.86. The second-order valence-corrected chi connectivity index (χ2v) is 9.15. The molecule has 1 aliphatic rings. The maximum Gasteiger partial charge on any atom is 0.0139 e. The highest BCUT2D eigenvalue weighted by Crippen LogP contribution is 2.38. The van der Waals surface area contributed by atoms with E-state index in [1.807, 2.05) is 0 Å². The lowest BCUT2D eigenvalue weighted by molar-refractivity contribution is 0.291. The zero-order valence-electron chi connectivity index (χ0n) is 9.52. The molecule has 3 atom stereocenters. The summed E-state index contributed by atoms with van der Waals surface area (Å²) in [5, 5.41) is 0. The van der Waals surface area contributed by atoms with Crippen molar-refractivity contribution in [1.82, 2.24) is 0 Å². The van der Waals surface area contributed by atoms with Crippen LogP contribution in [0.15, 0.2) is 0 Å². The van der Waals surface area contributed by atoms with Gasteiger partial charge in [0.2, 0.25) is 0 Å². The van der Waals surface area contributed by atoms with E-state index in [0.717, 1.165) is 13.8 Å². The van der Waals surface area contributed by atoms with Crippen molar-refractivity contribution in [1.29, 1.82) is 0 Å². The van der Waals surface area contributed by atoms with Crippen LogP contribution in [0.2, 0.25) is 0 Å². The highest BCUT2D eigenvalue weighted by Gasteiger charge is 2.28. The van der Waals surface area contributed by atoms with Gasteiger partial charge in [-0.1, -0.05) is 66.0 Å². The predicted molar refractivity (Wildman–Crippen MR) is 81.6 cm³/mol. The van der Waals surface area contributed by atoms with Gasteiger partial charge < -0.3 is 0 Å². The van der Waals surface area contributed by atoms with Crippen LogP contribution in [0, 0.1) is 11.3 Å². The predicted octanol–water partition coefficient (Wildman–Crippen LogP) is 5.22. The molecule has 3 unspecified atom stereocenters. The molecule has 1 fully saturated rings. The van der Waals surface area contributed by atoms with E-state index in [1.54, 1.807) is 0 Å². The number of alkyl halides is 2. The summed E-state index contributed by atoms with van der Waals surface area (Å²) < 4.78 is 1.89. The van der Waals surface area contributed by atoms with Crippen molar-refractivity contribution < 1.29 is 0 Å². The summed E-state index contributed by atoms with van der Waals surface area (Å²) in [6.07, 6.45) is 7.19. The molecule has 0 amide bonds. The lowest BCUT2D eigenvalue weighted by atomic mass is 9.81. The largest absolute Gasteiger partial charge is 0.0826 e. The van der Waals surface area contributed by atoms with Gasteiger partial charge in [0.1, 0.15) is 0 Å². The van der Waals surface area contributed by atoms with Crippen LogP contribution in [0.4, 0.5) is 0 Å². The molecule has 1 saturated carbocycles. The van der Waals surface area contributed by atoms with Crippen molar-refractivity contribution in [3.8, 4) is 0 Å². The summed E-state index contributed by atoms with van der Waals surface area (Å²) in [6.45, 7) is 7.08. The SMILES string of the molecule is CC(C)(C)CCC1CC(I)CCC1I. The maximum absolute atomic E-state index is 2.68. The Balaban J connectivity index is 2.35. The van der Waals surface area contributed by atoms with Crippen LogP contribution in [0.3, 0.4) is 0 Å². The molecule has 0 aromatic heterocycles. The molecule has 0 aliphatic heterocycles. The first-order chi connectivity index (χ1) is 6.38. The number of halogens is 2. The fourth-order valence-electron chi connectivity index (χ4n) is 2.09. The fourth-order valence-corrected chi connectivity index (χ4v) is 4.11. The van der Waals surface area contributed by atoms with Crippen molar-refractivity contribution in [2.75, 3.05) is 0 Å². The normalized spacial score (nSPS) is 34.5. The molecule has 2 heteroatoms. The van der Waals surface area contributed by atoms with E-state index in [-0.39, 0.29) is 0 Å². The summed E-state index contributed by atoms with van der Waals surface area (Å²) >= 11 is 5.32. The molecule has 0 heterocycles. The molecule has 14 heavy (non-hydrogen) atoms. The van der Waals surface area contributed by atoms with E-state index in [4.69, 9.17) is 0 Å². The zero-order chi connectivity index (χ0) is 10.8. The van der Waals surface area contributed by atoms with E-state index in [1.165, 1.54) is 32.1 Å². The van der Waals surface area contributed by atoms with Crippen LogP contribution in [0.1, 0.15) is 52.9 Å². The monoisotopic (exact) mass is 420 g/mol. The first kappa shape index (κ1) is 13.5. The van der Waals surface area contributed by atoms with Crippen LogP contribution in [-0.2, 0) is 0 Å². The Morgan fingerprint density at radius 1 is 1.14 bits per heavy atom. The lowest BCUT2D eigenvalue weighted by Crippen LogP contribution is -2.26. The molecule has 0 nitrogen and oxygen atoms in total. The van der Waals surface area contributed by atoms with Gasteiger partial charge in [0.25, 0.3) is 0 Å². The van der Waals surface area contributed by atoms with E-state index in [0.29, 0.717) is 5.41 Å². The number of rotatable bonds is 2.